The molecule has 0 bridgehead atoms. The molecule has 0 nitrogen and oxygen atoms in total. The van der Waals surface area contributed by atoms with E-state index in [1.165, 1.54) is 30.4 Å². The largest absolute Gasteiger partial charge is 4.00 e. The Labute approximate surface area is 240 Å². The van der Waals surface area contributed by atoms with Crippen molar-refractivity contribution >= 4 is 0 Å². The van der Waals surface area contributed by atoms with Crippen LogP contribution in [0.4, 0.5) is 0 Å². The molecule has 180 valence electrons. The number of allylic oxidation sites excluding steroid dienone is 4. The molecule has 0 amide bonds. The third kappa shape index (κ3) is 5.01. The fraction of sp³-hybridized carbons (Fsp3) is 0.433. The summed E-state index contributed by atoms with van der Waals surface area (Å²) in [5.41, 5.74) is 3.01. The molecular weight excluding hydrogens is 515 g/mol. The summed E-state index contributed by atoms with van der Waals surface area (Å²) >= 11 is 0. The van der Waals surface area contributed by atoms with Crippen LogP contribution >= 0.6 is 0 Å². The molecule has 3 aliphatic rings. The van der Waals surface area contributed by atoms with Crippen molar-refractivity contribution in [1.29, 1.82) is 0 Å². The number of halogens is 3. The Morgan fingerprint density at radius 3 is 1.74 bits per heavy atom. The summed E-state index contributed by atoms with van der Waals surface area (Å²) in [6.07, 6.45) is 16.4. The average molecular weight is 550 g/mol. The van der Waals surface area contributed by atoms with Gasteiger partial charge in [-0.05, 0) is 34.3 Å². The van der Waals surface area contributed by atoms with Gasteiger partial charge < -0.3 is 43.6 Å². The van der Waals surface area contributed by atoms with E-state index < -0.39 is 0 Å². The van der Waals surface area contributed by atoms with Crippen LogP contribution in [0, 0.1) is 41.4 Å². The monoisotopic (exact) mass is 548 g/mol. The van der Waals surface area contributed by atoms with Gasteiger partial charge in [0.2, 0.25) is 0 Å². The maximum atomic E-state index is 2.71. The number of hydrogen-bond acceptors (Lipinski definition) is 0. The van der Waals surface area contributed by atoms with Gasteiger partial charge in [-0.1, -0.05) is 124 Å². The van der Waals surface area contributed by atoms with Crippen molar-refractivity contribution in [1.82, 2.24) is 0 Å². The Morgan fingerprint density at radius 2 is 1.24 bits per heavy atom. The predicted octanol–water partition coefficient (Wildman–Crippen LogP) is -1.36. The third-order valence-electron chi connectivity index (χ3n) is 8.36. The number of hydrogen-bond donors (Lipinski definition) is 0. The fourth-order valence-electron chi connectivity index (χ4n) is 7.48. The predicted molar refractivity (Wildman–Crippen MR) is 127 cm³/mol. The van der Waals surface area contributed by atoms with E-state index in [9.17, 15) is 0 Å². The van der Waals surface area contributed by atoms with Crippen molar-refractivity contribution < 1.29 is 58.9 Å². The normalized spacial score (nSPS) is 27.1. The molecule has 2 aromatic rings. The molecule has 0 aromatic heterocycles. The van der Waals surface area contributed by atoms with Crippen molar-refractivity contribution in [2.75, 3.05) is 0 Å². The molecule has 2 fully saturated rings. The Hall–Kier alpha value is -0.496. The van der Waals surface area contributed by atoms with E-state index in [-0.39, 0.29) is 69.8 Å². The first kappa shape index (κ1) is 31.5. The molecule has 3 aliphatic carbocycles. The zero-order chi connectivity index (χ0) is 20.8. The molecule has 0 N–H and O–H groups in total. The van der Waals surface area contributed by atoms with Crippen molar-refractivity contribution in [3.05, 3.63) is 103 Å². The number of rotatable bonds is 3. The Morgan fingerprint density at radius 1 is 0.735 bits per heavy atom. The molecular formula is C30H35Cl3Ti. The smallest absolute Gasteiger partial charge is 1.00 e. The molecule has 2 aromatic carbocycles. The van der Waals surface area contributed by atoms with Gasteiger partial charge >= 0.3 is 21.7 Å². The van der Waals surface area contributed by atoms with Crippen LogP contribution < -0.4 is 37.2 Å². The van der Waals surface area contributed by atoms with Gasteiger partial charge in [-0.3, -0.25) is 0 Å². The summed E-state index contributed by atoms with van der Waals surface area (Å²) in [5.74, 6) is 3.29. The quantitative estimate of drug-likeness (QED) is 0.328. The molecule has 5 rings (SSSR count). The van der Waals surface area contributed by atoms with Crippen molar-refractivity contribution in [3.63, 3.8) is 0 Å². The molecule has 0 saturated heterocycles. The summed E-state index contributed by atoms with van der Waals surface area (Å²) in [6.45, 7) is 7.42. The maximum Gasteiger partial charge on any atom is 4.00 e. The van der Waals surface area contributed by atoms with Crippen molar-refractivity contribution in [2.24, 2.45) is 35.0 Å². The molecule has 2 saturated carbocycles. The van der Waals surface area contributed by atoms with Crippen LogP contribution in [-0.2, 0) is 27.1 Å². The Kier molecular flexibility index (Phi) is 11.7. The van der Waals surface area contributed by atoms with Crippen LogP contribution in [0.2, 0.25) is 0 Å². The first-order valence-electron chi connectivity index (χ1n) is 11.8. The van der Waals surface area contributed by atoms with Crippen LogP contribution in [0.25, 0.3) is 0 Å². The Bertz CT molecular complexity index is 893. The van der Waals surface area contributed by atoms with Gasteiger partial charge in [-0.2, -0.15) is 12.3 Å². The number of fused-ring (bicyclic) bond motifs is 3. The van der Waals surface area contributed by atoms with Crippen molar-refractivity contribution in [3.8, 4) is 0 Å². The van der Waals surface area contributed by atoms with Gasteiger partial charge in [-0.15, -0.1) is 0 Å². The molecule has 5 atom stereocenters. The topological polar surface area (TPSA) is 0 Å². The van der Waals surface area contributed by atoms with Gasteiger partial charge in [-0.25, -0.2) is 0 Å². The minimum Gasteiger partial charge on any atom is -1.00 e. The Balaban J connectivity index is 0.00000144. The molecule has 4 heteroatoms. The summed E-state index contributed by atoms with van der Waals surface area (Å²) in [7, 11) is 0. The first-order valence-corrected chi connectivity index (χ1v) is 11.8. The van der Waals surface area contributed by atoms with Crippen LogP contribution in [-0.4, -0.2) is 0 Å². The van der Waals surface area contributed by atoms with Crippen LogP contribution in [0.15, 0.2) is 85.0 Å². The van der Waals surface area contributed by atoms with Gasteiger partial charge in [0.05, 0.1) is 0 Å². The molecule has 0 aliphatic heterocycles. The van der Waals surface area contributed by atoms with E-state index in [0.29, 0.717) is 23.7 Å². The number of benzene rings is 2. The zero-order valence-corrected chi connectivity index (χ0v) is 24.1. The summed E-state index contributed by atoms with van der Waals surface area (Å²) in [4.78, 5) is 0. The third-order valence-corrected chi connectivity index (χ3v) is 8.36. The van der Waals surface area contributed by atoms with Gasteiger partial charge in [0, 0.05) is 5.41 Å². The van der Waals surface area contributed by atoms with Gasteiger partial charge in [0.1, 0.15) is 0 Å². The molecule has 0 radical (unpaired) electrons. The van der Waals surface area contributed by atoms with E-state index in [1.54, 1.807) is 0 Å². The standard InChI is InChI=1S/C30H35.3ClH.Ti/c1-29(2,3)30(22-14-6-4-7-15-22,23-16-8-5-9-17-23)28-26-20-12-10-18-24(26)25-19-11-13-21-27(25)28;;;;/h4-10,12,14-18,20-21,24-28H,11,13,19H2,1-3H3;3*1H;/q-1;;;;+4/p-3. The second kappa shape index (κ2) is 12.6. The van der Waals surface area contributed by atoms with E-state index in [2.05, 4.69) is 112 Å². The SMILES string of the molecule is CC(C)(C)C(c1ccccc1)(c1ccccc1)C1C2C=CC=CC2C2CCC[CH-]C21.[Cl-].[Cl-].[Cl-].[Ti+4]. The molecule has 5 unspecified atom stereocenters. The fourth-order valence-corrected chi connectivity index (χ4v) is 7.48. The maximum absolute atomic E-state index is 2.71. The van der Waals surface area contributed by atoms with E-state index in [1.807, 2.05) is 0 Å². The van der Waals surface area contributed by atoms with E-state index in [4.69, 9.17) is 0 Å². The summed E-state index contributed by atoms with van der Waals surface area (Å²) < 4.78 is 0. The second-order valence-electron chi connectivity index (χ2n) is 10.6. The zero-order valence-electron chi connectivity index (χ0n) is 20.3. The van der Waals surface area contributed by atoms with E-state index in [0.717, 1.165) is 5.92 Å². The minimum atomic E-state index is -0.0405. The summed E-state index contributed by atoms with van der Waals surface area (Å²) in [5, 5.41) is 0. The van der Waals surface area contributed by atoms with Gasteiger partial charge in [0.25, 0.3) is 0 Å². The average Bonchev–Trinajstić information content (AvgIpc) is 3.10. The summed E-state index contributed by atoms with van der Waals surface area (Å²) in [6, 6.07) is 22.9. The first-order chi connectivity index (χ1) is 14.5. The van der Waals surface area contributed by atoms with Crippen molar-refractivity contribution in [2.45, 2.75) is 45.4 Å². The van der Waals surface area contributed by atoms with E-state index >= 15 is 0 Å². The van der Waals surface area contributed by atoms with Gasteiger partial charge in [0.15, 0.2) is 0 Å². The van der Waals surface area contributed by atoms with Crippen LogP contribution in [0.5, 0.6) is 0 Å². The molecule has 34 heavy (non-hydrogen) atoms. The molecule has 0 heterocycles. The second-order valence-corrected chi connectivity index (χ2v) is 10.6. The molecule has 0 spiro atoms. The van der Waals surface area contributed by atoms with Crippen LogP contribution in [0.3, 0.4) is 0 Å². The van der Waals surface area contributed by atoms with Crippen LogP contribution in [0.1, 0.15) is 51.2 Å². The minimum absolute atomic E-state index is 0.